The quantitative estimate of drug-likeness (QED) is 0.489. The predicted octanol–water partition coefficient (Wildman–Crippen LogP) is -0.407. The molecule has 2 rings (SSSR count). The highest BCUT2D eigenvalue weighted by atomic mass is 35.5. The lowest BCUT2D eigenvalue weighted by atomic mass is 10.6. The number of hydrogen-bond donors (Lipinski definition) is 3. The number of H-pyrrole nitrogens is 3. The summed E-state index contributed by atoms with van der Waals surface area (Å²) in [6, 6.07) is 0. The monoisotopic (exact) mass is 186 g/mol. The molecule has 0 aliphatic heterocycles. The first-order valence-electron chi connectivity index (χ1n) is 3.04. The molecule has 0 aliphatic rings. The van der Waals surface area contributed by atoms with Gasteiger partial charge in [-0.05, 0) is 0 Å². The Labute approximate surface area is 69.6 Å². The first-order chi connectivity index (χ1) is 5.66. The third-order valence-corrected chi connectivity index (χ3v) is 1.64. The summed E-state index contributed by atoms with van der Waals surface area (Å²) in [6.07, 6.45) is 0. The average Bonchev–Trinajstić information content (AvgIpc) is 2.29. The fourth-order valence-corrected chi connectivity index (χ4v) is 1.12. The number of imidazole rings is 1. The second-order valence-electron chi connectivity index (χ2n) is 2.16. The van der Waals surface area contributed by atoms with Crippen LogP contribution in [0.4, 0.5) is 0 Å². The van der Waals surface area contributed by atoms with Crippen LogP contribution in [0.3, 0.4) is 0 Å². The zero-order valence-corrected chi connectivity index (χ0v) is 6.40. The second-order valence-corrected chi connectivity index (χ2v) is 2.54. The molecule has 0 aromatic carbocycles. The van der Waals surface area contributed by atoms with Gasteiger partial charge >= 0.3 is 11.4 Å². The first kappa shape index (κ1) is 7.11. The van der Waals surface area contributed by atoms with E-state index in [-0.39, 0.29) is 10.8 Å². The third-order valence-electron chi connectivity index (χ3n) is 1.36. The molecule has 0 fully saturated rings. The SMILES string of the molecule is O=c1nc2[nH]c(=O)[nH]c2c(Cl)[nH]1. The minimum absolute atomic E-state index is 0.0725. The number of halogens is 1. The molecule has 2 heterocycles. The van der Waals surface area contributed by atoms with Crippen LogP contribution in [0.25, 0.3) is 11.2 Å². The number of rotatable bonds is 0. The van der Waals surface area contributed by atoms with E-state index < -0.39 is 11.4 Å². The van der Waals surface area contributed by atoms with E-state index >= 15 is 0 Å². The van der Waals surface area contributed by atoms with Gasteiger partial charge in [-0.25, -0.2) is 9.59 Å². The van der Waals surface area contributed by atoms with Crippen LogP contribution in [0, 0.1) is 0 Å². The molecule has 0 radical (unpaired) electrons. The summed E-state index contributed by atoms with van der Waals surface area (Å²) < 4.78 is 0. The molecule has 62 valence electrons. The summed E-state index contributed by atoms with van der Waals surface area (Å²) in [5.41, 5.74) is -0.573. The van der Waals surface area contributed by atoms with E-state index in [0.29, 0.717) is 5.52 Å². The number of aromatic nitrogens is 4. The molecule has 0 aliphatic carbocycles. The number of nitrogens with zero attached hydrogens (tertiary/aromatic N) is 1. The van der Waals surface area contributed by atoms with Crippen LogP contribution in [0.15, 0.2) is 9.59 Å². The molecule has 0 saturated heterocycles. The first-order valence-corrected chi connectivity index (χ1v) is 3.42. The Bertz CT molecular complexity index is 536. The Hall–Kier alpha value is -1.56. The molecule has 2 aromatic rings. The molecule has 0 spiro atoms. The normalized spacial score (nSPS) is 10.8. The van der Waals surface area contributed by atoms with E-state index in [0.717, 1.165) is 0 Å². The average molecular weight is 187 g/mol. The van der Waals surface area contributed by atoms with Gasteiger partial charge in [0.15, 0.2) is 5.65 Å². The van der Waals surface area contributed by atoms with Crippen molar-refractivity contribution in [3.8, 4) is 0 Å². The molecule has 3 N–H and O–H groups in total. The Morgan fingerprint density at radius 3 is 2.67 bits per heavy atom. The summed E-state index contributed by atoms with van der Waals surface area (Å²) in [7, 11) is 0. The third kappa shape index (κ3) is 0.928. The van der Waals surface area contributed by atoms with Gasteiger partial charge in [0.2, 0.25) is 0 Å². The molecule has 7 heteroatoms. The van der Waals surface area contributed by atoms with Crippen LogP contribution in [-0.2, 0) is 0 Å². The van der Waals surface area contributed by atoms with Crippen molar-refractivity contribution >= 4 is 22.8 Å². The molecular weight excluding hydrogens is 184 g/mol. The van der Waals surface area contributed by atoms with Gasteiger partial charge in [0.25, 0.3) is 0 Å². The number of nitrogens with one attached hydrogen (secondary N) is 3. The number of hydrogen-bond acceptors (Lipinski definition) is 3. The van der Waals surface area contributed by atoms with Gasteiger partial charge in [0.1, 0.15) is 10.7 Å². The van der Waals surface area contributed by atoms with Crippen molar-refractivity contribution in [2.45, 2.75) is 0 Å². The van der Waals surface area contributed by atoms with Gasteiger partial charge in [0.05, 0.1) is 0 Å². The number of fused-ring (bicyclic) bond motifs is 1. The van der Waals surface area contributed by atoms with Crippen molar-refractivity contribution in [2.24, 2.45) is 0 Å². The summed E-state index contributed by atoms with van der Waals surface area (Å²) in [5, 5.41) is 0.0725. The zero-order chi connectivity index (χ0) is 8.72. The van der Waals surface area contributed by atoms with Gasteiger partial charge < -0.3 is 4.98 Å². The minimum atomic E-state index is -0.595. The maximum absolute atomic E-state index is 10.7. The topological polar surface area (TPSA) is 94.4 Å². The van der Waals surface area contributed by atoms with Crippen molar-refractivity contribution in [1.82, 2.24) is 19.9 Å². The van der Waals surface area contributed by atoms with E-state index in [2.05, 4.69) is 19.9 Å². The maximum atomic E-state index is 10.7. The van der Waals surface area contributed by atoms with Gasteiger partial charge in [-0.3, -0.25) is 9.97 Å². The largest absolute Gasteiger partial charge is 0.348 e. The number of aromatic amines is 3. The van der Waals surface area contributed by atoms with Gasteiger partial charge in [0, 0.05) is 0 Å². The van der Waals surface area contributed by atoms with E-state index in [4.69, 9.17) is 11.6 Å². The van der Waals surface area contributed by atoms with Crippen LogP contribution >= 0.6 is 11.6 Å². The molecular formula is C5H3ClN4O2. The van der Waals surface area contributed by atoms with Crippen LogP contribution in [-0.4, -0.2) is 19.9 Å². The molecule has 0 bridgehead atoms. The highest BCUT2D eigenvalue weighted by molar-refractivity contribution is 6.33. The Balaban J connectivity index is 3.07. The standard InChI is InChI=1S/C5H3ClN4O2/c6-2-1-3(9-4(11)7-1)10-5(12)8-2/h(H3,7,8,9,10,11,12). The Morgan fingerprint density at radius 2 is 1.92 bits per heavy atom. The predicted molar refractivity (Wildman–Crippen MR) is 42.3 cm³/mol. The maximum Gasteiger partial charge on any atom is 0.348 e. The summed E-state index contributed by atoms with van der Waals surface area (Å²) in [4.78, 5) is 31.9. The van der Waals surface area contributed by atoms with Crippen LogP contribution in [0.5, 0.6) is 0 Å². The van der Waals surface area contributed by atoms with Gasteiger partial charge in [-0.2, -0.15) is 4.98 Å². The van der Waals surface area contributed by atoms with Crippen molar-refractivity contribution in [3.63, 3.8) is 0 Å². The molecule has 6 nitrogen and oxygen atoms in total. The van der Waals surface area contributed by atoms with Crippen LogP contribution in [0.1, 0.15) is 0 Å². The highest BCUT2D eigenvalue weighted by Gasteiger charge is 2.04. The lowest BCUT2D eigenvalue weighted by Gasteiger charge is -1.88. The zero-order valence-electron chi connectivity index (χ0n) is 5.64. The van der Waals surface area contributed by atoms with Crippen molar-refractivity contribution in [1.29, 1.82) is 0 Å². The van der Waals surface area contributed by atoms with Crippen molar-refractivity contribution in [2.75, 3.05) is 0 Å². The van der Waals surface area contributed by atoms with E-state index in [9.17, 15) is 9.59 Å². The fourth-order valence-electron chi connectivity index (χ4n) is 0.903. The summed E-state index contributed by atoms with van der Waals surface area (Å²) in [6.45, 7) is 0. The van der Waals surface area contributed by atoms with E-state index in [1.54, 1.807) is 0 Å². The van der Waals surface area contributed by atoms with Crippen LogP contribution < -0.4 is 11.4 Å². The molecule has 0 unspecified atom stereocenters. The van der Waals surface area contributed by atoms with Gasteiger partial charge in [-0.1, -0.05) is 11.6 Å². The fraction of sp³-hybridized carbons (Fsp3) is 0. The smallest absolute Gasteiger partial charge is 0.302 e. The molecule has 12 heavy (non-hydrogen) atoms. The highest BCUT2D eigenvalue weighted by Crippen LogP contribution is 2.10. The lowest BCUT2D eigenvalue weighted by Crippen LogP contribution is -2.09. The second kappa shape index (κ2) is 2.21. The molecule has 0 saturated carbocycles. The molecule has 2 aromatic heterocycles. The van der Waals surface area contributed by atoms with Crippen LogP contribution in [0.2, 0.25) is 5.15 Å². The molecule has 0 atom stereocenters. The Morgan fingerprint density at radius 1 is 1.17 bits per heavy atom. The lowest BCUT2D eigenvalue weighted by molar-refractivity contribution is 1.10. The van der Waals surface area contributed by atoms with E-state index in [1.165, 1.54) is 0 Å². The van der Waals surface area contributed by atoms with Crippen molar-refractivity contribution < 1.29 is 0 Å². The summed E-state index contributed by atoms with van der Waals surface area (Å²) in [5.74, 6) is 0. The van der Waals surface area contributed by atoms with Gasteiger partial charge in [-0.15, -0.1) is 0 Å². The van der Waals surface area contributed by atoms with Crippen molar-refractivity contribution in [3.05, 3.63) is 26.1 Å². The minimum Gasteiger partial charge on any atom is -0.302 e. The Kier molecular flexibility index (Phi) is 1.31. The summed E-state index contributed by atoms with van der Waals surface area (Å²) >= 11 is 5.59. The van der Waals surface area contributed by atoms with E-state index in [1.807, 2.05) is 0 Å². The molecule has 0 amide bonds.